The molecule has 0 radical (unpaired) electrons. The van der Waals surface area contributed by atoms with Crippen molar-refractivity contribution in [2.45, 2.75) is 6.92 Å². The van der Waals surface area contributed by atoms with Gasteiger partial charge < -0.3 is 15.4 Å². The van der Waals surface area contributed by atoms with Crippen LogP contribution in [-0.4, -0.2) is 18.9 Å². The van der Waals surface area contributed by atoms with E-state index in [2.05, 4.69) is 10.6 Å². The van der Waals surface area contributed by atoms with E-state index < -0.39 is 11.7 Å². The van der Waals surface area contributed by atoms with Gasteiger partial charge in [-0.1, -0.05) is 18.2 Å². The van der Waals surface area contributed by atoms with Crippen LogP contribution in [0.1, 0.15) is 26.3 Å². The lowest BCUT2D eigenvalue weighted by molar-refractivity contribution is 0.102. The summed E-state index contributed by atoms with van der Waals surface area (Å²) < 4.78 is 19.1. The predicted octanol–water partition coefficient (Wildman–Crippen LogP) is 4.65. The fraction of sp³-hybridized carbons (Fsp3) is 0.0909. The van der Waals surface area contributed by atoms with E-state index in [0.29, 0.717) is 17.0 Å². The zero-order valence-corrected chi connectivity index (χ0v) is 15.5. The highest BCUT2D eigenvalue weighted by atomic mass is 19.1. The summed E-state index contributed by atoms with van der Waals surface area (Å²) in [4.78, 5) is 25.1. The molecule has 5 nitrogen and oxygen atoms in total. The molecular weight excluding hydrogens is 359 g/mol. The molecule has 0 spiro atoms. The van der Waals surface area contributed by atoms with Gasteiger partial charge in [-0.05, 0) is 61.0 Å². The SMILES string of the molecule is COc1ccc(C(=O)Nc2ccccc2C(=O)Nc2ccc(C)cc2F)cc1. The normalized spacial score (nSPS) is 10.2. The Morgan fingerprint density at radius 2 is 1.54 bits per heavy atom. The summed E-state index contributed by atoms with van der Waals surface area (Å²) in [6, 6.07) is 17.7. The van der Waals surface area contributed by atoms with Gasteiger partial charge in [-0.3, -0.25) is 9.59 Å². The molecule has 0 atom stereocenters. The molecule has 3 rings (SSSR count). The first-order valence-electron chi connectivity index (χ1n) is 8.60. The minimum Gasteiger partial charge on any atom is -0.497 e. The smallest absolute Gasteiger partial charge is 0.257 e. The maximum absolute atomic E-state index is 14.0. The number of halogens is 1. The van der Waals surface area contributed by atoms with Gasteiger partial charge in [-0.2, -0.15) is 0 Å². The average Bonchev–Trinajstić information content (AvgIpc) is 2.70. The number of para-hydroxylation sites is 1. The van der Waals surface area contributed by atoms with Crippen molar-refractivity contribution >= 4 is 23.2 Å². The van der Waals surface area contributed by atoms with E-state index in [1.165, 1.54) is 12.1 Å². The Labute approximate surface area is 162 Å². The van der Waals surface area contributed by atoms with E-state index in [0.717, 1.165) is 5.56 Å². The van der Waals surface area contributed by atoms with Crippen LogP contribution in [0.2, 0.25) is 0 Å². The van der Waals surface area contributed by atoms with Crippen LogP contribution in [-0.2, 0) is 0 Å². The van der Waals surface area contributed by atoms with Gasteiger partial charge >= 0.3 is 0 Å². The number of anilines is 2. The first-order valence-corrected chi connectivity index (χ1v) is 8.60. The topological polar surface area (TPSA) is 67.4 Å². The van der Waals surface area contributed by atoms with Gasteiger partial charge in [0, 0.05) is 5.56 Å². The highest BCUT2D eigenvalue weighted by Crippen LogP contribution is 2.21. The zero-order valence-electron chi connectivity index (χ0n) is 15.5. The lowest BCUT2D eigenvalue weighted by atomic mass is 10.1. The Bertz CT molecular complexity index is 1020. The molecular formula is C22H19FN2O3. The van der Waals surface area contributed by atoms with Gasteiger partial charge in [0.05, 0.1) is 24.0 Å². The second-order valence-corrected chi connectivity index (χ2v) is 6.17. The van der Waals surface area contributed by atoms with Crippen LogP contribution in [0.25, 0.3) is 0 Å². The molecule has 0 bridgehead atoms. The number of hydrogen-bond acceptors (Lipinski definition) is 3. The van der Waals surface area contributed by atoms with Crippen molar-refractivity contribution in [2.75, 3.05) is 17.7 Å². The summed E-state index contributed by atoms with van der Waals surface area (Å²) in [6.45, 7) is 1.76. The maximum atomic E-state index is 14.0. The Balaban J connectivity index is 1.80. The van der Waals surface area contributed by atoms with Crippen molar-refractivity contribution < 1.29 is 18.7 Å². The zero-order chi connectivity index (χ0) is 20.1. The van der Waals surface area contributed by atoms with Gasteiger partial charge in [0.15, 0.2) is 0 Å². The number of carbonyl (C=O) groups is 2. The Hall–Kier alpha value is -3.67. The van der Waals surface area contributed by atoms with Gasteiger partial charge in [0.2, 0.25) is 0 Å². The first kappa shape index (κ1) is 19.1. The van der Waals surface area contributed by atoms with E-state index in [-0.39, 0.29) is 17.2 Å². The standard InChI is InChI=1S/C22H19FN2O3/c1-14-7-12-20(18(23)13-14)25-22(27)17-5-3-4-6-19(17)24-21(26)15-8-10-16(28-2)11-9-15/h3-13H,1-2H3,(H,24,26)(H,25,27). The van der Waals surface area contributed by atoms with Crippen molar-refractivity contribution in [2.24, 2.45) is 0 Å². The molecule has 142 valence electrons. The molecule has 6 heteroatoms. The molecule has 0 heterocycles. The second kappa shape index (κ2) is 8.35. The summed E-state index contributed by atoms with van der Waals surface area (Å²) in [5.74, 6) is -0.776. The Kier molecular flexibility index (Phi) is 5.69. The van der Waals surface area contributed by atoms with E-state index in [4.69, 9.17) is 4.74 Å². The third kappa shape index (κ3) is 4.35. The van der Waals surface area contributed by atoms with Crippen LogP contribution >= 0.6 is 0 Å². The maximum Gasteiger partial charge on any atom is 0.257 e. The number of rotatable bonds is 5. The van der Waals surface area contributed by atoms with Crippen molar-refractivity contribution in [3.05, 3.63) is 89.2 Å². The second-order valence-electron chi connectivity index (χ2n) is 6.17. The van der Waals surface area contributed by atoms with Crippen LogP contribution < -0.4 is 15.4 Å². The summed E-state index contributed by atoms with van der Waals surface area (Å²) in [6.07, 6.45) is 0. The van der Waals surface area contributed by atoms with E-state index in [9.17, 15) is 14.0 Å². The van der Waals surface area contributed by atoms with Crippen molar-refractivity contribution in [1.29, 1.82) is 0 Å². The summed E-state index contributed by atoms with van der Waals surface area (Å²) >= 11 is 0. The molecule has 0 aliphatic heterocycles. The van der Waals surface area contributed by atoms with E-state index >= 15 is 0 Å². The van der Waals surface area contributed by atoms with Crippen LogP contribution in [0.15, 0.2) is 66.7 Å². The molecule has 0 aliphatic rings. The number of benzene rings is 3. The quantitative estimate of drug-likeness (QED) is 0.679. The number of amides is 2. The monoisotopic (exact) mass is 378 g/mol. The molecule has 0 saturated heterocycles. The minimum atomic E-state index is -0.520. The molecule has 28 heavy (non-hydrogen) atoms. The van der Waals surface area contributed by atoms with Crippen LogP contribution in [0, 0.1) is 12.7 Å². The van der Waals surface area contributed by atoms with Crippen LogP contribution in [0.3, 0.4) is 0 Å². The first-order chi connectivity index (χ1) is 13.5. The fourth-order valence-electron chi connectivity index (χ4n) is 2.64. The summed E-state index contributed by atoms with van der Waals surface area (Å²) in [5, 5.41) is 5.26. The highest BCUT2D eigenvalue weighted by molar-refractivity contribution is 6.12. The molecule has 0 unspecified atom stereocenters. The molecule has 3 aromatic rings. The highest BCUT2D eigenvalue weighted by Gasteiger charge is 2.15. The number of aryl methyl sites for hydroxylation is 1. The number of hydrogen-bond donors (Lipinski definition) is 2. The van der Waals surface area contributed by atoms with E-state index in [1.54, 1.807) is 68.6 Å². The summed E-state index contributed by atoms with van der Waals surface area (Å²) in [5.41, 5.74) is 1.80. The van der Waals surface area contributed by atoms with E-state index in [1.807, 2.05) is 0 Å². The Morgan fingerprint density at radius 3 is 2.21 bits per heavy atom. The van der Waals surface area contributed by atoms with Crippen molar-refractivity contribution in [3.8, 4) is 5.75 Å². The van der Waals surface area contributed by atoms with Gasteiger partial charge in [0.25, 0.3) is 11.8 Å². The fourth-order valence-corrected chi connectivity index (χ4v) is 2.64. The van der Waals surface area contributed by atoms with Crippen LogP contribution in [0.4, 0.5) is 15.8 Å². The predicted molar refractivity (Wildman–Crippen MR) is 106 cm³/mol. The minimum absolute atomic E-state index is 0.0758. The van der Waals surface area contributed by atoms with Gasteiger partial charge in [-0.25, -0.2) is 4.39 Å². The molecule has 3 aromatic carbocycles. The number of methoxy groups -OCH3 is 1. The number of carbonyl (C=O) groups excluding carboxylic acids is 2. The molecule has 2 N–H and O–H groups in total. The van der Waals surface area contributed by atoms with Gasteiger partial charge in [0.1, 0.15) is 11.6 Å². The van der Waals surface area contributed by atoms with Gasteiger partial charge in [-0.15, -0.1) is 0 Å². The largest absolute Gasteiger partial charge is 0.497 e. The lowest BCUT2D eigenvalue weighted by Gasteiger charge is -2.12. The Morgan fingerprint density at radius 1 is 0.857 bits per heavy atom. The molecule has 0 saturated carbocycles. The molecule has 0 aromatic heterocycles. The van der Waals surface area contributed by atoms with Crippen molar-refractivity contribution in [1.82, 2.24) is 0 Å². The molecule has 2 amide bonds. The van der Waals surface area contributed by atoms with Crippen molar-refractivity contribution in [3.63, 3.8) is 0 Å². The van der Waals surface area contributed by atoms with Crippen LogP contribution in [0.5, 0.6) is 5.75 Å². The molecule has 0 fully saturated rings. The third-order valence-corrected chi connectivity index (χ3v) is 4.14. The average molecular weight is 378 g/mol. The lowest BCUT2D eigenvalue weighted by Crippen LogP contribution is -2.18. The number of ether oxygens (including phenoxy) is 1. The molecule has 0 aliphatic carbocycles. The number of nitrogens with one attached hydrogen (secondary N) is 2. The third-order valence-electron chi connectivity index (χ3n) is 4.14. The summed E-state index contributed by atoms with van der Waals surface area (Å²) in [7, 11) is 1.54.